The quantitative estimate of drug-likeness (QED) is 0.629. The Morgan fingerprint density at radius 2 is 2.18 bits per heavy atom. The molecule has 1 aliphatic heterocycles. The normalized spacial score (nSPS) is 24.1. The number of likely N-dealkylation sites (tertiary alicyclic amines) is 1. The molecule has 0 spiro atoms. The maximum Gasteiger partial charge on any atom is 0.254 e. The number of carbonyl (C=O) groups is 1. The summed E-state index contributed by atoms with van der Waals surface area (Å²) in [6, 6.07) is 5.83. The van der Waals surface area contributed by atoms with Crippen LogP contribution in [0.25, 0.3) is 0 Å². The van der Waals surface area contributed by atoms with Crippen LogP contribution in [0.15, 0.2) is 18.2 Å². The van der Waals surface area contributed by atoms with Crippen molar-refractivity contribution in [1.82, 2.24) is 4.90 Å². The van der Waals surface area contributed by atoms with Gasteiger partial charge in [-0.3, -0.25) is 4.79 Å². The standard InChI is InChI=1S/C13H17IN2O/c1-8-5-9(2)16(7-8)13(17)10-3-4-12(15)11(14)6-10/h3-4,6,8-9H,5,7,15H2,1-2H3. The number of benzene rings is 1. The van der Waals surface area contributed by atoms with Crippen molar-refractivity contribution in [2.45, 2.75) is 26.3 Å². The Hall–Kier alpha value is -0.780. The van der Waals surface area contributed by atoms with Crippen molar-refractivity contribution < 1.29 is 4.79 Å². The lowest BCUT2D eigenvalue weighted by Crippen LogP contribution is -2.34. The van der Waals surface area contributed by atoms with Gasteiger partial charge in [-0.1, -0.05) is 6.92 Å². The molecule has 2 atom stereocenters. The first kappa shape index (κ1) is 12.7. The number of nitrogens with zero attached hydrogens (tertiary/aromatic N) is 1. The zero-order valence-corrected chi connectivity index (χ0v) is 12.3. The van der Waals surface area contributed by atoms with Crippen LogP contribution in [0.3, 0.4) is 0 Å². The van der Waals surface area contributed by atoms with Crippen LogP contribution in [0.1, 0.15) is 30.6 Å². The second-order valence-electron chi connectivity index (χ2n) is 4.88. The third-order valence-electron chi connectivity index (χ3n) is 3.29. The molecule has 1 aliphatic rings. The van der Waals surface area contributed by atoms with Crippen LogP contribution in [0.2, 0.25) is 0 Å². The first-order chi connectivity index (χ1) is 7.99. The highest BCUT2D eigenvalue weighted by Gasteiger charge is 2.30. The summed E-state index contributed by atoms with van der Waals surface area (Å²) in [4.78, 5) is 14.3. The van der Waals surface area contributed by atoms with E-state index in [1.54, 1.807) is 6.07 Å². The molecule has 0 bridgehead atoms. The van der Waals surface area contributed by atoms with Gasteiger partial charge in [-0.05, 0) is 60.1 Å². The number of anilines is 1. The fraction of sp³-hybridized carbons (Fsp3) is 0.462. The molecule has 3 nitrogen and oxygen atoms in total. The average molecular weight is 344 g/mol. The summed E-state index contributed by atoms with van der Waals surface area (Å²) in [6.45, 7) is 5.17. The Morgan fingerprint density at radius 3 is 2.71 bits per heavy atom. The van der Waals surface area contributed by atoms with E-state index in [2.05, 4.69) is 36.4 Å². The Balaban J connectivity index is 2.22. The zero-order chi connectivity index (χ0) is 12.6. The van der Waals surface area contributed by atoms with Crippen LogP contribution in [0, 0.1) is 9.49 Å². The van der Waals surface area contributed by atoms with Gasteiger partial charge < -0.3 is 10.6 Å². The van der Waals surface area contributed by atoms with Crippen molar-refractivity contribution in [3.8, 4) is 0 Å². The summed E-state index contributed by atoms with van der Waals surface area (Å²) in [6.07, 6.45) is 1.10. The molecule has 2 N–H and O–H groups in total. The van der Waals surface area contributed by atoms with Crippen molar-refractivity contribution in [1.29, 1.82) is 0 Å². The third kappa shape index (κ3) is 2.56. The Morgan fingerprint density at radius 1 is 1.47 bits per heavy atom. The van der Waals surface area contributed by atoms with Crippen molar-refractivity contribution >= 4 is 34.2 Å². The molecular formula is C13H17IN2O. The van der Waals surface area contributed by atoms with E-state index in [1.807, 2.05) is 17.0 Å². The lowest BCUT2D eigenvalue weighted by Gasteiger charge is -2.21. The predicted octanol–water partition coefficient (Wildman–Crippen LogP) is 2.74. The van der Waals surface area contributed by atoms with E-state index in [0.29, 0.717) is 12.0 Å². The molecule has 1 aromatic rings. The van der Waals surface area contributed by atoms with Crippen molar-refractivity contribution in [2.75, 3.05) is 12.3 Å². The van der Waals surface area contributed by atoms with E-state index in [-0.39, 0.29) is 5.91 Å². The van der Waals surface area contributed by atoms with Crippen molar-refractivity contribution in [2.24, 2.45) is 5.92 Å². The SMILES string of the molecule is CC1CC(C)N(C(=O)c2ccc(N)c(I)c2)C1. The lowest BCUT2D eigenvalue weighted by atomic mass is 10.1. The Kier molecular flexibility index (Phi) is 3.61. The predicted molar refractivity (Wildman–Crippen MR) is 77.9 cm³/mol. The van der Waals surface area contributed by atoms with Crippen LogP contribution >= 0.6 is 22.6 Å². The maximum absolute atomic E-state index is 12.3. The number of nitrogens with two attached hydrogens (primary N) is 1. The second-order valence-corrected chi connectivity index (χ2v) is 6.05. The highest BCUT2D eigenvalue weighted by atomic mass is 127. The molecule has 1 amide bonds. The number of hydrogen-bond acceptors (Lipinski definition) is 2. The van der Waals surface area contributed by atoms with E-state index in [9.17, 15) is 4.79 Å². The average Bonchev–Trinajstić information content (AvgIpc) is 2.61. The van der Waals surface area contributed by atoms with Gasteiger partial charge in [-0.25, -0.2) is 0 Å². The van der Waals surface area contributed by atoms with E-state index in [1.165, 1.54) is 0 Å². The lowest BCUT2D eigenvalue weighted by molar-refractivity contribution is 0.0743. The molecule has 4 heteroatoms. The summed E-state index contributed by atoms with van der Waals surface area (Å²) in [5, 5.41) is 0. The van der Waals surface area contributed by atoms with Gasteiger partial charge in [-0.2, -0.15) is 0 Å². The zero-order valence-electron chi connectivity index (χ0n) is 10.1. The molecule has 2 rings (SSSR count). The van der Waals surface area contributed by atoms with Crippen LogP contribution in [-0.2, 0) is 0 Å². The largest absolute Gasteiger partial charge is 0.398 e. The summed E-state index contributed by atoms with van der Waals surface area (Å²) in [7, 11) is 0. The minimum absolute atomic E-state index is 0.125. The number of carbonyl (C=O) groups excluding carboxylic acids is 1. The molecule has 0 radical (unpaired) electrons. The molecular weight excluding hydrogens is 327 g/mol. The highest BCUT2D eigenvalue weighted by molar-refractivity contribution is 14.1. The summed E-state index contributed by atoms with van der Waals surface area (Å²) >= 11 is 2.16. The first-order valence-electron chi connectivity index (χ1n) is 5.85. The molecule has 0 aromatic heterocycles. The monoisotopic (exact) mass is 344 g/mol. The maximum atomic E-state index is 12.3. The smallest absolute Gasteiger partial charge is 0.254 e. The van der Waals surface area contributed by atoms with E-state index in [0.717, 1.165) is 27.8 Å². The highest BCUT2D eigenvalue weighted by Crippen LogP contribution is 2.25. The van der Waals surface area contributed by atoms with Gasteiger partial charge in [-0.15, -0.1) is 0 Å². The third-order valence-corrected chi connectivity index (χ3v) is 4.23. The van der Waals surface area contributed by atoms with Gasteiger partial charge in [0.05, 0.1) is 0 Å². The van der Waals surface area contributed by atoms with Gasteiger partial charge >= 0.3 is 0 Å². The summed E-state index contributed by atoms with van der Waals surface area (Å²) < 4.78 is 0.938. The van der Waals surface area contributed by atoms with Gasteiger partial charge in [0.15, 0.2) is 0 Å². The van der Waals surface area contributed by atoms with Gasteiger partial charge in [0, 0.05) is 27.4 Å². The van der Waals surface area contributed by atoms with Gasteiger partial charge in [0.2, 0.25) is 0 Å². The molecule has 1 fully saturated rings. The fourth-order valence-electron chi connectivity index (χ4n) is 2.41. The minimum Gasteiger partial charge on any atom is -0.398 e. The summed E-state index contributed by atoms with van der Waals surface area (Å²) in [5.74, 6) is 0.724. The van der Waals surface area contributed by atoms with Crippen molar-refractivity contribution in [3.05, 3.63) is 27.3 Å². The number of rotatable bonds is 1. The number of amides is 1. The number of halogens is 1. The Labute approximate surface area is 116 Å². The molecule has 2 unspecified atom stereocenters. The second kappa shape index (κ2) is 4.84. The van der Waals surface area contributed by atoms with E-state index < -0.39 is 0 Å². The van der Waals surface area contributed by atoms with Crippen LogP contribution in [-0.4, -0.2) is 23.4 Å². The van der Waals surface area contributed by atoms with Crippen molar-refractivity contribution in [3.63, 3.8) is 0 Å². The first-order valence-corrected chi connectivity index (χ1v) is 6.93. The van der Waals surface area contributed by atoms with E-state index in [4.69, 9.17) is 5.73 Å². The molecule has 17 heavy (non-hydrogen) atoms. The molecule has 0 aliphatic carbocycles. The summed E-state index contributed by atoms with van der Waals surface area (Å²) in [5.41, 5.74) is 7.23. The van der Waals surface area contributed by atoms with E-state index >= 15 is 0 Å². The molecule has 1 aromatic carbocycles. The molecule has 92 valence electrons. The van der Waals surface area contributed by atoms with Gasteiger partial charge in [0.25, 0.3) is 5.91 Å². The molecule has 1 heterocycles. The molecule has 1 saturated heterocycles. The number of nitrogen functional groups attached to an aromatic ring is 1. The number of hydrogen-bond donors (Lipinski definition) is 1. The van der Waals surface area contributed by atoms with Crippen LogP contribution in [0.4, 0.5) is 5.69 Å². The van der Waals surface area contributed by atoms with Gasteiger partial charge in [0.1, 0.15) is 0 Å². The topological polar surface area (TPSA) is 46.3 Å². The Bertz CT molecular complexity index is 447. The minimum atomic E-state index is 0.125. The van der Waals surface area contributed by atoms with Crippen LogP contribution in [0.5, 0.6) is 0 Å². The molecule has 0 saturated carbocycles. The fourth-order valence-corrected chi connectivity index (χ4v) is 2.92. The van der Waals surface area contributed by atoms with Crippen LogP contribution < -0.4 is 5.73 Å².